The van der Waals surface area contributed by atoms with Crippen LogP contribution in [0.2, 0.25) is 0 Å². The van der Waals surface area contributed by atoms with Gasteiger partial charge in [0.2, 0.25) is 5.95 Å². The number of H-pyrrole nitrogens is 1. The van der Waals surface area contributed by atoms with E-state index in [0.717, 1.165) is 0 Å². The molecular formula is C16H31N6O6P. The molecule has 1 saturated heterocycles. The van der Waals surface area contributed by atoms with E-state index in [1.165, 1.54) is 30.5 Å². The van der Waals surface area contributed by atoms with Gasteiger partial charge in [0, 0.05) is 6.42 Å². The van der Waals surface area contributed by atoms with Crippen LogP contribution in [0, 0.1) is 0 Å². The van der Waals surface area contributed by atoms with E-state index in [1.807, 2.05) is 0 Å². The minimum Gasteiger partial charge on any atom is -0.394 e. The number of nitrogen functional groups attached to an aromatic ring is 1. The van der Waals surface area contributed by atoms with Crippen LogP contribution in [0.15, 0.2) is 11.1 Å². The van der Waals surface area contributed by atoms with Crippen LogP contribution < -0.4 is 11.3 Å². The zero-order valence-electron chi connectivity index (χ0n) is 16.9. The van der Waals surface area contributed by atoms with Crippen LogP contribution in [0.1, 0.15) is 33.4 Å². The second-order valence-electron chi connectivity index (χ2n) is 6.11. The maximum absolute atomic E-state index is 11.6. The van der Waals surface area contributed by atoms with Crippen LogP contribution in [0.4, 0.5) is 5.95 Å². The highest BCUT2D eigenvalue weighted by atomic mass is 31.1. The Labute approximate surface area is 169 Å². The molecule has 166 valence electrons. The summed E-state index contributed by atoms with van der Waals surface area (Å²) < 4.78 is 15.6. The predicted molar refractivity (Wildman–Crippen MR) is 110 cm³/mol. The summed E-state index contributed by atoms with van der Waals surface area (Å²) in [6.07, 6.45) is -0.270. The molecule has 0 radical (unpaired) electrons. The molecule has 0 spiro atoms. The Morgan fingerprint density at radius 3 is 2.41 bits per heavy atom. The number of imidazole rings is 1. The summed E-state index contributed by atoms with van der Waals surface area (Å²) >= 11 is 0. The number of aliphatic hydroxyl groups is 2. The highest BCUT2D eigenvalue weighted by Crippen LogP contribution is 2.30. The molecule has 3 rings (SSSR count). The quantitative estimate of drug-likeness (QED) is 0.379. The molecule has 2 aromatic rings. The number of aromatic nitrogens is 4. The van der Waals surface area contributed by atoms with E-state index in [-0.39, 0.29) is 30.1 Å². The van der Waals surface area contributed by atoms with E-state index in [9.17, 15) is 9.90 Å². The third-order valence-electron chi connectivity index (χ3n) is 4.49. The van der Waals surface area contributed by atoms with E-state index < -0.39 is 32.7 Å². The summed E-state index contributed by atoms with van der Waals surface area (Å²) in [5, 5.41) is 18.8. The van der Waals surface area contributed by atoms with Crippen LogP contribution in [-0.4, -0.2) is 78.0 Å². The fourth-order valence-electron chi connectivity index (χ4n) is 2.87. The normalized spacial score (nSPS) is 21.3. The van der Waals surface area contributed by atoms with Gasteiger partial charge in [-0.3, -0.25) is 18.9 Å². The Kier molecular flexibility index (Phi) is 11.0. The van der Waals surface area contributed by atoms with Crippen LogP contribution in [0.5, 0.6) is 0 Å². The number of nitrogens with one attached hydrogen (secondary N) is 1. The minimum atomic E-state index is -1.50. The van der Waals surface area contributed by atoms with Crippen molar-refractivity contribution in [1.29, 1.82) is 0 Å². The average molecular weight is 434 g/mol. The highest BCUT2D eigenvalue weighted by molar-refractivity contribution is 7.16. The molecule has 0 amide bonds. The van der Waals surface area contributed by atoms with Gasteiger partial charge >= 0.3 is 0 Å². The molecular weight excluding hydrogens is 403 g/mol. The Balaban J connectivity index is 0.000000355. The van der Waals surface area contributed by atoms with Crippen LogP contribution >= 0.6 is 8.69 Å². The third kappa shape index (κ3) is 6.88. The first-order chi connectivity index (χ1) is 13.9. The first-order valence-corrected chi connectivity index (χ1v) is 10.3. The van der Waals surface area contributed by atoms with Crippen molar-refractivity contribution >= 4 is 25.8 Å². The van der Waals surface area contributed by atoms with Gasteiger partial charge in [0.1, 0.15) is 12.3 Å². The van der Waals surface area contributed by atoms with Gasteiger partial charge in [0.25, 0.3) is 5.56 Å². The first kappa shape index (κ1) is 25.2. The molecule has 12 nitrogen and oxygen atoms in total. The first-order valence-electron chi connectivity index (χ1n) is 9.33. The summed E-state index contributed by atoms with van der Waals surface area (Å²) in [5.41, 5.74) is 5.50. The summed E-state index contributed by atoms with van der Waals surface area (Å²) in [6.45, 7) is 9.85. The van der Waals surface area contributed by atoms with E-state index in [0.29, 0.717) is 0 Å². The Morgan fingerprint density at radius 2 is 1.97 bits per heavy atom. The predicted octanol–water partition coefficient (Wildman–Crippen LogP) is -0.659. The number of nitrogens with two attached hydrogens (primary N) is 1. The molecule has 1 aliphatic heterocycles. The molecule has 0 aromatic carbocycles. The maximum Gasteiger partial charge on any atom is 0.280 e. The number of ether oxygens (including phenoxy) is 1. The lowest BCUT2D eigenvalue weighted by atomic mass is 10.2. The lowest BCUT2D eigenvalue weighted by Gasteiger charge is -2.13. The van der Waals surface area contributed by atoms with Gasteiger partial charge < -0.3 is 30.5 Å². The Morgan fingerprint density at radius 1 is 1.38 bits per heavy atom. The fourth-order valence-corrected chi connectivity index (χ4v) is 2.87. The van der Waals surface area contributed by atoms with E-state index >= 15 is 0 Å². The minimum absolute atomic E-state index is 0.0171. The fraction of sp³-hybridized carbons (Fsp3) is 0.688. The lowest BCUT2D eigenvalue weighted by molar-refractivity contribution is -0.0432. The van der Waals surface area contributed by atoms with Gasteiger partial charge in [0.05, 0.1) is 19.0 Å². The topological polar surface area (TPSA) is 180 Å². The molecule has 1 aliphatic rings. The molecule has 1 fully saturated rings. The summed E-state index contributed by atoms with van der Waals surface area (Å²) in [5.74, 6) is -0.0171. The van der Waals surface area contributed by atoms with Crippen LogP contribution in [0.3, 0.4) is 0 Å². The van der Waals surface area contributed by atoms with Gasteiger partial charge in [0.15, 0.2) is 19.9 Å². The summed E-state index contributed by atoms with van der Waals surface area (Å²) in [6, 6.07) is 0. The highest BCUT2D eigenvalue weighted by Gasteiger charge is 2.35. The zero-order valence-corrected chi connectivity index (χ0v) is 18.0. The number of nitrogens with zero attached hydrogens (tertiary/aromatic N) is 4. The molecule has 0 aliphatic carbocycles. The molecule has 0 bridgehead atoms. The van der Waals surface area contributed by atoms with Gasteiger partial charge in [-0.1, -0.05) is 20.8 Å². The van der Waals surface area contributed by atoms with Crippen LogP contribution in [-0.2, 0) is 9.30 Å². The number of fused-ring (bicyclic) bond motifs is 1. The standard InChI is InChI=1S/C10H13N5O4.C6H15N.H3O2P/c11-10-13-8-7(9(18)14-10)12-3-15(8)6-1-4(17)5(2-16)19-6;1-4-7(5-2)6-3;1-3-2/h3-6,16-17H,1-2H2,(H3,11,13,14,18);4-6H2,1-3H3;3H2,(H,1,2)/t4-,5+,6+;;/m0../s1. The third-order valence-corrected chi connectivity index (χ3v) is 4.49. The lowest BCUT2D eigenvalue weighted by Crippen LogP contribution is -2.24. The summed E-state index contributed by atoms with van der Waals surface area (Å²) in [7, 11) is -1.50. The smallest absolute Gasteiger partial charge is 0.280 e. The van der Waals surface area contributed by atoms with Gasteiger partial charge in [-0.05, 0) is 19.6 Å². The van der Waals surface area contributed by atoms with Crippen LogP contribution in [0.25, 0.3) is 11.2 Å². The average Bonchev–Trinajstić information content (AvgIpc) is 3.27. The number of anilines is 1. The van der Waals surface area contributed by atoms with Crippen molar-refractivity contribution in [2.24, 2.45) is 0 Å². The number of hydrogen-bond donors (Lipinski definition) is 5. The molecule has 1 unspecified atom stereocenters. The number of rotatable bonds is 5. The van der Waals surface area contributed by atoms with Crippen molar-refractivity contribution in [2.45, 2.75) is 45.6 Å². The van der Waals surface area contributed by atoms with Gasteiger partial charge in [-0.2, -0.15) is 4.98 Å². The number of hydrogen-bond acceptors (Lipinski definition) is 9. The zero-order chi connectivity index (χ0) is 22.0. The molecule has 3 heterocycles. The monoisotopic (exact) mass is 434 g/mol. The second-order valence-corrected chi connectivity index (χ2v) is 6.33. The van der Waals surface area contributed by atoms with Crippen molar-refractivity contribution in [3.63, 3.8) is 0 Å². The van der Waals surface area contributed by atoms with Crippen molar-refractivity contribution in [3.05, 3.63) is 16.7 Å². The van der Waals surface area contributed by atoms with E-state index in [4.69, 9.17) is 25.0 Å². The van der Waals surface area contributed by atoms with Crippen molar-refractivity contribution in [3.8, 4) is 0 Å². The van der Waals surface area contributed by atoms with E-state index in [2.05, 4.69) is 40.6 Å². The molecule has 4 atom stereocenters. The molecule has 0 saturated carbocycles. The molecule has 2 aromatic heterocycles. The molecule has 6 N–H and O–H groups in total. The van der Waals surface area contributed by atoms with E-state index in [1.54, 1.807) is 0 Å². The molecule has 29 heavy (non-hydrogen) atoms. The molecule has 13 heteroatoms. The SMILES string of the molecule is CCN(CC)CC.Nc1nc2c(ncn2[C@H]2C[C@H](O)[C@@H](CO)O2)c(=O)[nH]1.O=[PH2]O. The van der Waals surface area contributed by atoms with Crippen molar-refractivity contribution in [2.75, 3.05) is 32.0 Å². The largest absolute Gasteiger partial charge is 0.394 e. The van der Waals surface area contributed by atoms with Crippen molar-refractivity contribution in [1.82, 2.24) is 24.4 Å². The second kappa shape index (κ2) is 12.7. The van der Waals surface area contributed by atoms with Gasteiger partial charge in [-0.15, -0.1) is 0 Å². The van der Waals surface area contributed by atoms with Crippen molar-refractivity contribution < 1.29 is 24.4 Å². The summed E-state index contributed by atoms with van der Waals surface area (Å²) in [4.78, 5) is 31.4. The van der Waals surface area contributed by atoms with Gasteiger partial charge in [-0.25, -0.2) is 4.98 Å². The number of aliphatic hydroxyl groups excluding tert-OH is 2. The maximum atomic E-state index is 11.6. The Bertz CT molecular complexity index is 805. The Hall–Kier alpha value is -1.82. The number of aromatic amines is 1.